The number of thiazole rings is 1. The van der Waals surface area contributed by atoms with Crippen molar-refractivity contribution in [1.82, 2.24) is 19.5 Å². The number of nitrogens with zero attached hydrogens (tertiary/aromatic N) is 3. The summed E-state index contributed by atoms with van der Waals surface area (Å²) in [7, 11) is -3.20. The molecular formula is C17H24N4O3S3. The summed E-state index contributed by atoms with van der Waals surface area (Å²) in [6.07, 6.45) is 2.63. The number of rotatable bonds is 5. The van der Waals surface area contributed by atoms with Crippen LogP contribution >= 0.6 is 22.7 Å². The van der Waals surface area contributed by atoms with E-state index >= 15 is 0 Å². The van der Waals surface area contributed by atoms with Crippen LogP contribution in [0.5, 0.6) is 0 Å². The van der Waals surface area contributed by atoms with Crippen molar-refractivity contribution in [3.63, 3.8) is 0 Å². The number of hydrogen-bond donors (Lipinski definition) is 1. The van der Waals surface area contributed by atoms with Crippen LogP contribution in [-0.2, 0) is 16.4 Å². The van der Waals surface area contributed by atoms with Gasteiger partial charge in [-0.25, -0.2) is 22.5 Å². The molecule has 0 saturated carbocycles. The van der Waals surface area contributed by atoms with Gasteiger partial charge in [0.05, 0.1) is 21.8 Å². The molecule has 0 radical (unpaired) electrons. The standard InChI is InChI=1S/C17H24N4O3S3/c1-13-19-15(12-25-13)16-5-4-14(26-16)6-7-18-17(22)20-8-3-9-21(11-10-20)27(2,23)24/h4-5,12H,3,6-11H2,1-2H3,(H,18,22). The Morgan fingerprint density at radius 2 is 2.07 bits per heavy atom. The molecular weight excluding hydrogens is 404 g/mol. The van der Waals surface area contributed by atoms with Crippen molar-refractivity contribution in [3.8, 4) is 10.6 Å². The fraction of sp³-hybridized carbons (Fsp3) is 0.529. The first-order valence-electron chi connectivity index (χ1n) is 8.82. The third-order valence-electron chi connectivity index (χ3n) is 4.39. The van der Waals surface area contributed by atoms with E-state index < -0.39 is 10.0 Å². The predicted octanol–water partition coefficient (Wildman–Crippen LogP) is 2.40. The minimum absolute atomic E-state index is 0.128. The van der Waals surface area contributed by atoms with Crippen molar-refractivity contribution in [1.29, 1.82) is 0 Å². The molecule has 0 bridgehead atoms. The second kappa shape index (κ2) is 8.68. The summed E-state index contributed by atoms with van der Waals surface area (Å²) in [6.45, 7) is 4.37. The third kappa shape index (κ3) is 5.50. The van der Waals surface area contributed by atoms with E-state index in [1.165, 1.54) is 15.4 Å². The maximum Gasteiger partial charge on any atom is 0.317 e. The highest BCUT2D eigenvalue weighted by Crippen LogP contribution is 2.29. The molecule has 7 nitrogen and oxygen atoms in total. The Hall–Kier alpha value is -1.49. The molecule has 1 N–H and O–H groups in total. The molecule has 1 fully saturated rings. The molecule has 2 aromatic rings. The lowest BCUT2D eigenvalue weighted by Crippen LogP contribution is -2.43. The van der Waals surface area contributed by atoms with Gasteiger partial charge in [-0.3, -0.25) is 0 Å². The first-order chi connectivity index (χ1) is 12.8. The van der Waals surface area contributed by atoms with Gasteiger partial charge in [-0.2, -0.15) is 0 Å². The van der Waals surface area contributed by atoms with Gasteiger partial charge < -0.3 is 10.2 Å². The SMILES string of the molecule is Cc1nc(-c2ccc(CCNC(=O)N3CCCN(S(C)(=O)=O)CC3)s2)cs1. The molecule has 148 valence electrons. The first-order valence-corrected chi connectivity index (χ1v) is 12.4. The number of aromatic nitrogens is 1. The highest BCUT2D eigenvalue weighted by atomic mass is 32.2. The quantitative estimate of drug-likeness (QED) is 0.793. The van der Waals surface area contributed by atoms with Gasteiger partial charge in [0, 0.05) is 43.0 Å². The van der Waals surface area contributed by atoms with Crippen LogP contribution in [0.3, 0.4) is 0 Å². The summed E-state index contributed by atoms with van der Waals surface area (Å²) < 4.78 is 24.7. The second-order valence-electron chi connectivity index (χ2n) is 6.50. The van der Waals surface area contributed by atoms with Crippen molar-refractivity contribution in [3.05, 3.63) is 27.4 Å². The van der Waals surface area contributed by atoms with E-state index in [2.05, 4.69) is 27.8 Å². The Kier molecular flexibility index (Phi) is 6.51. The maximum absolute atomic E-state index is 12.4. The largest absolute Gasteiger partial charge is 0.338 e. The Labute approximate surface area is 168 Å². The van der Waals surface area contributed by atoms with Crippen molar-refractivity contribution in [2.45, 2.75) is 19.8 Å². The first kappa shape index (κ1) is 20.2. The van der Waals surface area contributed by atoms with E-state index in [1.807, 2.05) is 6.92 Å². The van der Waals surface area contributed by atoms with E-state index in [0.29, 0.717) is 39.1 Å². The van der Waals surface area contributed by atoms with Gasteiger partial charge in [0.2, 0.25) is 10.0 Å². The van der Waals surface area contributed by atoms with Crippen LogP contribution in [-0.4, -0.2) is 67.6 Å². The summed E-state index contributed by atoms with van der Waals surface area (Å²) in [6, 6.07) is 4.03. The van der Waals surface area contributed by atoms with Gasteiger partial charge in [-0.1, -0.05) is 0 Å². The Morgan fingerprint density at radius 1 is 1.26 bits per heavy atom. The van der Waals surface area contributed by atoms with Crippen LogP contribution < -0.4 is 5.32 Å². The van der Waals surface area contributed by atoms with Gasteiger partial charge in [0.15, 0.2) is 0 Å². The van der Waals surface area contributed by atoms with Crippen LogP contribution in [0.15, 0.2) is 17.5 Å². The molecule has 3 rings (SSSR count). The zero-order valence-corrected chi connectivity index (χ0v) is 17.9. The van der Waals surface area contributed by atoms with Crippen LogP contribution in [0.4, 0.5) is 4.79 Å². The molecule has 10 heteroatoms. The van der Waals surface area contributed by atoms with E-state index in [0.717, 1.165) is 22.0 Å². The van der Waals surface area contributed by atoms with Crippen LogP contribution in [0.25, 0.3) is 10.6 Å². The number of sulfonamides is 1. The molecule has 0 spiro atoms. The smallest absolute Gasteiger partial charge is 0.317 e. The normalized spacial score (nSPS) is 16.3. The summed E-state index contributed by atoms with van der Waals surface area (Å²) in [5.74, 6) is 0. The molecule has 1 aliphatic rings. The molecule has 0 atom stereocenters. The molecule has 2 amide bonds. The fourth-order valence-electron chi connectivity index (χ4n) is 2.96. The van der Waals surface area contributed by atoms with Gasteiger partial charge in [-0.05, 0) is 31.9 Å². The molecule has 27 heavy (non-hydrogen) atoms. The van der Waals surface area contributed by atoms with Gasteiger partial charge in [-0.15, -0.1) is 22.7 Å². The molecule has 0 aromatic carbocycles. The Morgan fingerprint density at radius 3 is 2.78 bits per heavy atom. The number of carbonyl (C=O) groups is 1. The number of thiophene rings is 1. The zero-order valence-electron chi connectivity index (χ0n) is 15.5. The highest BCUT2D eigenvalue weighted by molar-refractivity contribution is 7.88. The van der Waals surface area contributed by atoms with Crippen LogP contribution in [0.1, 0.15) is 16.3 Å². The number of carbonyl (C=O) groups excluding carboxylic acids is 1. The number of aryl methyl sites for hydroxylation is 1. The van der Waals surface area contributed by atoms with Gasteiger partial charge in [0.1, 0.15) is 0 Å². The topological polar surface area (TPSA) is 82.6 Å². The Bertz CT molecular complexity index is 891. The number of hydrogen-bond acceptors (Lipinski definition) is 6. The number of nitrogens with one attached hydrogen (secondary N) is 1. The summed E-state index contributed by atoms with van der Waals surface area (Å²) in [5.41, 5.74) is 1.01. The molecule has 2 aromatic heterocycles. The monoisotopic (exact) mass is 428 g/mol. The fourth-order valence-corrected chi connectivity index (χ4v) is 5.49. The van der Waals surface area contributed by atoms with Crippen molar-refractivity contribution in [2.75, 3.05) is 39.0 Å². The lowest BCUT2D eigenvalue weighted by atomic mass is 10.3. The average Bonchev–Trinajstić information content (AvgIpc) is 3.15. The van der Waals surface area contributed by atoms with E-state index in [-0.39, 0.29) is 6.03 Å². The van der Waals surface area contributed by atoms with Gasteiger partial charge >= 0.3 is 6.03 Å². The average molecular weight is 429 g/mol. The second-order valence-corrected chi connectivity index (χ2v) is 10.7. The lowest BCUT2D eigenvalue weighted by Gasteiger charge is -2.21. The van der Waals surface area contributed by atoms with Crippen molar-refractivity contribution in [2.24, 2.45) is 0 Å². The van der Waals surface area contributed by atoms with Crippen LogP contribution in [0.2, 0.25) is 0 Å². The minimum atomic E-state index is -3.20. The summed E-state index contributed by atoms with van der Waals surface area (Å²) in [5, 5.41) is 6.06. The van der Waals surface area contributed by atoms with E-state index in [1.54, 1.807) is 27.6 Å². The van der Waals surface area contributed by atoms with Crippen LogP contribution in [0, 0.1) is 6.92 Å². The van der Waals surface area contributed by atoms with Crippen molar-refractivity contribution < 1.29 is 13.2 Å². The predicted molar refractivity (Wildman–Crippen MR) is 110 cm³/mol. The molecule has 3 heterocycles. The summed E-state index contributed by atoms with van der Waals surface area (Å²) >= 11 is 3.34. The molecule has 1 saturated heterocycles. The highest BCUT2D eigenvalue weighted by Gasteiger charge is 2.23. The molecule has 0 aliphatic carbocycles. The number of amides is 2. The minimum Gasteiger partial charge on any atom is -0.338 e. The number of urea groups is 1. The molecule has 1 aliphatic heterocycles. The zero-order chi connectivity index (χ0) is 19.4. The van der Waals surface area contributed by atoms with E-state index in [9.17, 15) is 13.2 Å². The summed E-state index contributed by atoms with van der Waals surface area (Å²) in [4.78, 5) is 20.9. The van der Waals surface area contributed by atoms with E-state index in [4.69, 9.17) is 0 Å². The van der Waals surface area contributed by atoms with Crippen molar-refractivity contribution >= 4 is 38.7 Å². The maximum atomic E-state index is 12.4. The molecule has 0 unspecified atom stereocenters. The van der Waals surface area contributed by atoms with Gasteiger partial charge in [0.25, 0.3) is 0 Å². The third-order valence-corrected chi connectivity index (χ3v) is 7.64. The Balaban J connectivity index is 1.46. The lowest BCUT2D eigenvalue weighted by molar-refractivity contribution is 0.200.